The number of pyridine rings is 1. The fourth-order valence-corrected chi connectivity index (χ4v) is 5.38. The number of anilines is 2. The molecule has 0 saturated carbocycles. The van der Waals surface area contributed by atoms with Gasteiger partial charge < -0.3 is 4.90 Å². The van der Waals surface area contributed by atoms with E-state index in [0.29, 0.717) is 24.5 Å². The standard InChI is InChI=1S/C24H23N3O2S2/c1-19-22(26-31(28,29)24-13-8-16-30-24)14-15-23(25-19)27(17-20-9-4-2-5-10-20)18-21-11-6-3-7-12-21/h2-16,26H,17-18H2,1H3. The van der Waals surface area contributed by atoms with E-state index >= 15 is 0 Å². The third kappa shape index (κ3) is 5.31. The van der Waals surface area contributed by atoms with Gasteiger partial charge in [-0.15, -0.1) is 11.3 Å². The summed E-state index contributed by atoms with van der Waals surface area (Å²) in [6, 6.07) is 27.4. The highest BCUT2D eigenvalue weighted by atomic mass is 32.2. The van der Waals surface area contributed by atoms with Crippen LogP contribution in [-0.2, 0) is 23.1 Å². The van der Waals surface area contributed by atoms with Crippen molar-refractivity contribution in [3.63, 3.8) is 0 Å². The monoisotopic (exact) mass is 449 g/mol. The first-order valence-electron chi connectivity index (χ1n) is 9.88. The summed E-state index contributed by atoms with van der Waals surface area (Å²) < 4.78 is 28.1. The van der Waals surface area contributed by atoms with Gasteiger partial charge >= 0.3 is 0 Å². The fraction of sp³-hybridized carbons (Fsp3) is 0.125. The number of hydrogen-bond donors (Lipinski definition) is 1. The summed E-state index contributed by atoms with van der Waals surface area (Å²) in [5.74, 6) is 0.796. The van der Waals surface area contributed by atoms with Crippen molar-refractivity contribution in [2.45, 2.75) is 24.2 Å². The number of aromatic nitrogens is 1. The molecule has 2 aromatic heterocycles. The van der Waals surface area contributed by atoms with E-state index in [-0.39, 0.29) is 4.21 Å². The zero-order valence-electron chi connectivity index (χ0n) is 17.1. The first-order chi connectivity index (χ1) is 15.0. The van der Waals surface area contributed by atoms with Crippen molar-refractivity contribution in [3.8, 4) is 0 Å². The van der Waals surface area contributed by atoms with Gasteiger partial charge in [0.2, 0.25) is 0 Å². The van der Waals surface area contributed by atoms with E-state index in [2.05, 4.69) is 33.9 Å². The summed E-state index contributed by atoms with van der Waals surface area (Å²) in [5.41, 5.74) is 3.47. The van der Waals surface area contributed by atoms with Gasteiger partial charge in [0.1, 0.15) is 10.0 Å². The van der Waals surface area contributed by atoms with E-state index in [1.54, 1.807) is 23.6 Å². The number of aryl methyl sites for hydroxylation is 1. The number of sulfonamides is 1. The molecule has 0 fully saturated rings. The summed E-state index contributed by atoms with van der Waals surface area (Å²) in [7, 11) is -3.61. The lowest BCUT2D eigenvalue weighted by Gasteiger charge is -2.25. The third-order valence-electron chi connectivity index (χ3n) is 4.83. The minimum absolute atomic E-state index is 0.283. The first-order valence-corrected chi connectivity index (χ1v) is 12.2. The molecule has 31 heavy (non-hydrogen) atoms. The highest BCUT2D eigenvalue weighted by Crippen LogP contribution is 2.25. The van der Waals surface area contributed by atoms with E-state index in [1.807, 2.05) is 49.4 Å². The van der Waals surface area contributed by atoms with Gasteiger partial charge in [-0.2, -0.15) is 0 Å². The lowest BCUT2D eigenvalue weighted by Crippen LogP contribution is -2.23. The molecule has 0 amide bonds. The van der Waals surface area contributed by atoms with Crippen LogP contribution < -0.4 is 9.62 Å². The van der Waals surface area contributed by atoms with Gasteiger partial charge in [0.05, 0.1) is 11.4 Å². The van der Waals surface area contributed by atoms with Crippen LogP contribution in [0.15, 0.2) is 94.5 Å². The predicted octanol–water partition coefficient (Wildman–Crippen LogP) is 5.46. The molecule has 0 saturated heterocycles. The smallest absolute Gasteiger partial charge is 0.271 e. The molecule has 4 rings (SSSR count). The number of thiophene rings is 1. The highest BCUT2D eigenvalue weighted by molar-refractivity contribution is 7.94. The fourth-order valence-electron chi connectivity index (χ4n) is 3.27. The van der Waals surface area contributed by atoms with Crippen molar-refractivity contribution < 1.29 is 8.42 Å². The molecule has 158 valence electrons. The maximum absolute atomic E-state index is 12.6. The predicted molar refractivity (Wildman–Crippen MR) is 127 cm³/mol. The average Bonchev–Trinajstić information content (AvgIpc) is 3.32. The van der Waals surface area contributed by atoms with Crippen LogP contribution >= 0.6 is 11.3 Å². The van der Waals surface area contributed by atoms with Crippen molar-refractivity contribution in [1.82, 2.24) is 4.98 Å². The summed E-state index contributed by atoms with van der Waals surface area (Å²) in [6.45, 7) is 3.21. The van der Waals surface area contributed by atoms with Crippen LogP contribution in [0.25, 0.3) is 0 Å². The Balaban J connectivity index is 1.61. The first kappa shape index (κ1) is 21.1. The van der Waals surface area contributed by atoms with Gasteiger partial charge in [-0.25, -0.2) is 13.4 Å². The van der Waals surface area contributed by atoms with Crippen LogP contribution in [0.3, 0.4) is 0 Å². The zero-order chi connectivity index (χ0) is 21.7. The van der Waals surface area contributed by atoms with Crippen molar-refractivity contribution in [3.05, 3.63) is 107 Å². The molecular weight excluding hydrogens is 426 g/mol. The lowest BCUT2D eigenvalue weighted by molar-refractivity contribution is 0.603. The topological polar surface area (TPSA) is 62.3 Å². The third-order valence-corrected chi connectivity index (χ3v) is 7.59. The van der Waals surface area contributed by atoms with Gasteiger partial charge in [0.15, 0.2) is 0 Å². The van der Waals surface area contributed by atoms with Crippen LogP contribution in [0.2, 0.25) is 0 Å². The van der Waals surface area contributed by atoms with Crippen molar-refractivity contribution in [2.75, 3.05) is 9.62 Å². The SMILES string of the molecule is Cc1nc(N(Cc2ccccc2)Cc2ccccc2)ccc1NS(=O)(=O)c1cccs1. The van der Waals surface area contributed by atoms with Crippen LogP contribution in [0.1, 0.15) is 16.8 Å². The zero-order valence-corrected chi connectivity index (χ0v) is 18.7. The molecule has 0 atom stereocenters. The van der Waals surface area contributed by atoms with E-state index in [4.69, 9.17) is 4.98 Å². The molecule has 0 aliphatic carbocycles. The Hall–Kier alpha value is -3.16. The Kier molecular flexibility index (Phi) is 6.34. The van der Waals surface area contributed by atoms with Crippen LogP contribution in [-0.4, -0.2) is 13.4 Å². The molecule has 0 spiro atoms. The Morgan fingerprint density at radius 2 is 1.45 bits per heavy atom. The molecule has 5 nitrogen and oxygen atoms in total. The summed E-state index contributed by atoms with van der Waals surface area (Å²) in [4.78, 5) is 6.92. The summed E-state index contributed by atoms with van der Waals surface area (Å²) in [5, 5.41) is 1.74. The summed E-state index contributed by atoms with van der Waals surface area (Å²) in [6.07, 6.45) is 0. The minimum atomic E-state index is -3.61. The largest absolute Gasteiger partial charge is 0.348 e. The van der Waals surface area contributed by atoms with Gasteiger partial charge in [-0.3, -0.25) is 4.72 Å². The highest BCUT2D eigenvalue weighted by Gasteiger charge is 2.18. The molecule has 2 heterocycles. The number of rotatable bonds is 8. The Labute approximate surface area is 187 Å². The Bertz CT molecular complexity index is 1190. The molecule has 1 N–H and O–H groups in total. The summed E-state index contributed by atoms with van der Waals surface area (Å²) >= 11 is 1.19. The van der Waals surface area contributed by atoms with Crippen molar-refractivity contribution in [1.29, 1.82) is 0 Å². The normalized spacial score (nSPS) is 11.3. The number of hydrogen-bond acceptors (Lipinski definition) is 5. The quantitative estimate of drug-likeness (QED) is 0.388. The van der Waals surface area contributed by atoms with Crippen molar-refractivity contribution in [2.24, 2.45) is 0 Å². The Morgan fingerprint density at radius 1 is 0.839 bits per heavy atom. The van der Waals surface area contributed by atoms with E-state index in [0.717, 1.165) is 5.82 Å². The average molecular weight is 450 g/mol. The molecule has 4 aromatic rings. The molecular formula is C24H23N3O2S2. The molecule has 0 aliphatic heterocycles. The van der Waals surface area contributed by atoms with Crippen molar-refractivity contribution >= 4 is 32.9 Å². The Morgan fingerprint density at radius 3 is 1.97 bits per heavy atom. The van der Waals surface area contributed by atoms with Crippen LogP contribution in [0, 0.1) is 6.92 Å². The lowest BCUT2D eigenvalue weighted by atomic mass is 10.1. The maximum atomic E-state index is 12.6. The second-order valence-corrected chi connectivity index (χ2v) is 10.0. The van der Waals surface area contributed by atoms with Crippen LogP contribution in [0.5, 0.6) is 0 Å². The molecule has 2 aromatic carbocycles. The minimum Gasteiger partial charge on any atom is -0.348 e. The van der Waals surface area contributed by atoms with Gasteiger partial charge in [-0.1, -0.05) is 66.7 Å². The van der Waals surface area contributed by atoms with Gasteiger partial charge in [0.25, 0.3) is 10.0 Å². The molecule has 7 heteroatoms. The number of nitrogens with zero attached hydrogens (tertiary/aromatic N) is 2. The molecule has 0 aliphatic rings. The van der Waals surface area contributed by atoms with E-state index < -0.39 is 10.0 Å². The van der Waals surface area contributed by atoms with Gasteiger partial charge in [-0.05, 0) is 41.6 Å². The number of nitrogens with one attached hydrogen (secondary N) is 1. The molecule has 0 radical (unpaired) electrons. The number of benzene rings is 2. The van der Waals surface area contributed by atoms with E-state index in [1.165, 1.54) is 22.5 Å². The second kappa shape index (κ2) is 9.32. The van der Waals surface area contributed by atoms with Crippen LogP contribution in [0.4, 0.5) is 11.5 Å². The molecule has 0 bridgehead atoms. The molecule has 0 unspecified atom stereocenters. The second-order valence-electron chi connectivity index (χ2n) is 7.17. The van der Waals surface area contributed by atoms with Gasteiger partial charge in [0, 0.05) is 13.1 Å². The van der Waals surface area contributed by atoms with E-state index in [9.17, 15) is 8.42 Å². The maximum Gasteiger partial charge on any atom is 0.271 e.